The molecule has 0 heterocycles. The van der Waals surface area contributed by atoms with Crippen molar-refractivity contribution in [2.45, 2.75) is 26.1 Å². The van der Waals surface area contributed by atoms with Crippen LogP contribution in [0.2, 0.25) is 0 Å². The molecular formula is C20H17N3O4. The average molecular weight is 363 g/mol. The van der Waals surface area contributed by atoms with Gasteiger partial charge in [0, 0.05) is 0 Å². The zero-order chi connectivity index (χ0) is 19.8. The number of carbonyl (C=O) groups is 2. The van der Waals surface area contributed by atoms with Crippen LogP contribution in [0.25, 0.3) is 0 Å². The normalized spacial score (nSPS) is 12.0. The highest BCUT2D eigenvalue weighted by Gasteiger charge is 2.23. The number of para-hydroxylation sites is 1. The van der Waals surface area contributed by atoms with Crippen LogP contribution in [0.5, 0.6) is 5.75 Å². The van der Waals surface area contributed by atoms with E-state index in [0.29, 0.717) is 22.6 Å². The van der Waals surface area contributed by atoms with Crippen LogP contribution < -0.4 is 10.1 Å². The van der Waals surface area contributed by atoms with Crippen molar-refractivity contribution in [1.29, 1.82) is 10.5 Å². The van der Waals surface area contributed by atoms with Crippen molar-refractivity contribution in [2.24, 2.45) is 0 Å². The summed E-state index contributed by atoms with van der Waals surface area (Å²) in [5, 5.41) is 20.4. The van der Waals surface area contributed by atoms with Crippen molar-refractivity contribution in [2.75, 3.05) is 5.32 Å². The van der Waals surface area contributed by atoms with E-state index < -0.39 is 24.1 Å². The van der Waals surface area contributed by atoms with E-state index in [1.165, 1.54) is 13.8 Å². The molecule has 2 atom stereocenters. The first-order valence-corrected chi connectivity index (χ1v) is 8.12. The maximum absolute atomic E-state index is 12.2. The largest absolute Gasteiger partial charge is 0.479 e. The molecule has 27 heavy (non-hydrogen) atoms. The SMILES string of the molecule is C[C@H](OC(=O)[C@H](C)Oc1ccc(C#N)cc1)C(=O)Nc1ccccc1C#N. The van der Waals surface area contributed by atoms with Gasteiger partial charge in [-0.05, 0) is 50.2 Å². The smallest absolute Gasteiger partial charge is 0.347 e. The highest BCUT2D eigenvalue weighted by molar-refractivity contribution is 5.96. The maximum atomic E-state index is 12.2. The Hall–Kier alpha value is -3.84. The summed E-state index contributed by atoms with van der Waals surface area (Å²) in [6.07, 6.45) is -2.02. The zero-order valence-corrected chi connectivity index (χ0v) is 14.8. The molecule has 1 N–H and O–H groups in total. The van der Waals surface area contributed by atoms with Crippen molar-refractivity contribution < 1.29 is 19.1 Å². The monoisotopic (exact) mass is 363 g/mol. The van der Waals surface area contributed by atoms with Crippen molar-refractivity contribution in [3.8, 4) is 17.9 Å². The van der Waals surface area contributed by atoms with Crippen LogP contribution >= 0.6 is 0 Å². The van der Waals surface area contributed by atoms with Gasteiger partial charge in [-0.1, -0.05) is 12.1 Å². The van der Waals surface area contributed by atoms with Gasteiger partial charge in [0.2, 0.25) is 0 Å². The van der Waals surface area contributed by atoms with Gasteiger partial charge in [0.15, 0.2) is 12.2 Å². The first-order valence-electron chi connectivity index (χ1n) is 8.12. The van der Waals surface area contributed by atoms with Crippen molar-refractivity contribution >= 4 is 17.6 Å². The minimum Gasteiger partial charge on any atom is -0.479 e. The second-order valence-corrected chi connectivity index (χ2v) is 5.62. The Bertz CT molecular complexity index is 910. The number of amides is 1. The van der Waals surface area contributed by atoms with E-state index >= 15 is 0 Å². The lowest BCUT2D eigenvalue weighted by Gasteiger charge is -2.18. The Morgan fingerprint density at radius 2 is 1.63 bits per heavy atom. The molecule has 7 nitrogen and oxygen atoms in total. The molecule has 2 aromatic rings. The van der Waals surface area contributed by atoms with E-state index in [0.717, 1.165) is 0 Å². The third kappa shape index (κ3) is 5.32. The molecule has 1 amide bonds. The van der Waals surface area contributed by atoms with Gasteiger partial charge < -0.3 is 14.8 Å². The van der Waals surface area contributed by atoms with E-state index in [2.05, 4.69) is 5.32 Å². The first-order chi connectivity index (χ1) is 12.9. The van der Waals surface area contributed by atoms with Crippen LogP contribution in [-0.4, -0.2) is 24.1 Å². The van der Waals surface area contributed by atoms with Gasteiger partial charge in [-0.2, -0.15) is 10.5 Å². The number of nitrogens with zero attached hydrogens (tertiary/aromatic N) is 2. The molecule has 0 spiro atoms. The summed E-state index contributed by atoms with van der Waals surface area (Å²) in [5.41, 5.74) is 1.12. The molecule has 7 heteroatoms. The molecule has 0 fully saturated rings. The molecule has 0 saturated heterocycles. The predicted octanol–water partition coefficient (Wildman–Crippen LogP) is 2.77. The number of benzene rings is 2. The van der Waals surface area contributed by atoms with Crippen LogP contribution in [-0.2, 0) is 14.3 Å². The van der Waals surface area contributed by atoms with E-state index in [-0.39, 0.29) is 0 Å². The summed E-state index contributed by atoms with van der Waals surface area (Å²) in [6.45, 7) is 2.92. The van der Waals surface area contributed by atoms with E-state index in [9.17, 15) is 9.59 Å². The highest BCUT2D eigenvalue weighted by atomic mass is 16.6. The Kier molecular flexibility index (Phi) is 6.51. The predicted molar refractivity (Wildman–Crippen MR) is 96.6 cm³/mol. The van der Waals surface area contributed by atoms with Gasteiger partial charge in [0.25, 0.3) is 5.91 Å². The van der Waals surface area contributed by atoms with E-state index in [4.69, 9.17) is 20.0 Å². The number of hydrogen-bond donors (Lipinski definition) is 1. The molecule has 0 aliphatic rings. The van der Waals surface area contributed by atoms with Gasteiger partial charge in [-0.15, -0.1) is 0 Å². The number of carbonyl (C=O) groups excluding carboxylic acids is 2. The number of esters is 1. The van der Waals surface area contributed by atoms with Crippen LogP contribution in [0, 0.1) is 22.7 Å². The lowest BCUT2D eigenvalue weighted by molar-refractivity contribution is -0.159. The second-order valence-electron chi connectivity index (χ2n) is 5.62. The van der Waals surface area contributed by atoms with Crippen molar-refractivity contribution in [3.63, 3.8) is 0 Å². The molecule has 0 unspecified atom stereocenters. The summed E-state index contributed by atoms with van der Waals surface area (Å²) in [4.78, 5) is 24.3. The average Bonchev–Trinajstić information content (AvgIpc) is 2.68. The summed E-state index contributed by atoms with van der Waals surface area (Å²) in [7, 11) is 0. The van der Waals surface area contributed by atoms with Gasteiger partial charge in [0.1, 0.15) is 11.8 Å². The Morgan fingerprint density at radius 1 is 0.963 bits per heavy atom. The van der Waals surface area contributed by atoms with Crippen LogP contribution in [0.4, 0.5) is 5.69 Å². The third-order valence-electron chi connectivity index (χ3n) is 3.60. The molecular weight excluding hydrogens is 346 g/mol. The number of anilines is 1. The van der Waals surface area contributed by atoms with Crippen LogP contribution in [0.1, 0.15) is 25.0 Å². The van der Waals surface area contributed by atoms with Crippen LogP contribution in [0.3, 0.4) is 0 Å². The standard InChI is InChI=1S/C20H17N3O4/c1-13(19(24)23-18-6-4-3-5-16(18)12-22)27-20(25)14(2)26-17-9-7-15(11-21)8-10-17/h3-10,13-14H,1-2H3,(H,23,24)/t13-,14-/m0/s1. The minimum atomic E-state index is -1.07. The maximum Gasteiger partial charge on any atom is 0.347 e. The quantitative estimate of drug-likeness (QED) is 0.790. The molecule has 2 rings (SSSR count). The molecule has 2 aromatic carbocycles. The number of nitriles is 2. The second kappa shape index (κ2) is 9.02. The number of nitrogens with one attached hydrogen (secondary N) is 1. The number of ether oxygens (including phenoxy) is 2. The molecule has 0 saturated carbocycles. The van der Waals surface area contributed by atoms with Crippen molar-refractivity contribution in [3.05, 3.63) is 59.7 Å². The van der Waals surface area contributed by atoms with Gasteiger partial charge in [0.05, 0.1) is 22.9 Å². The fraction of sp³-hybridized carbons (Fsp3) is 0.200. The zero-order valence-electron chi connectivity index (χ0n) is 14.8. The third-order valence-corrected chi connectivity index (χ3v) is 3.60. The first kappa shape index (κ1) is 19.5. The lowest BCUT2D eigenvalue weighted by atomic mass is 10.2. The highest BCUT2D eigenvalue weighted by Crippen LogP contribution is 2.16. The summed E-state index contributed by atoms with van der Waals surface area (Å²) in [5.74, 6) is -0.870. The molecule has 0 aliphatic heterocycles. The van der Waals surface area contributed by atoms with Crippen LogP contribution in [0.15, 0.2) is 48.5 Å². The molecule has 0 aromatic heterocycles. The van der Waals surface area contributed by atoms with Gasteiger partial charge >= 0.3 is 5.97 Å². The van der Waals surface area contributed by atoms with Gasteiger partial charge in [-0.25, -0.2) is 4.79 Å². The summed E-state index contributed by atoms with van der Waals surface area (Å²) >= 11 is 0. The lowest BCUT2D eigenvalue weighted by Crippen LogP contribution is -2.35. The fourth-order valence-electron chi connectivity index (χ4n) is 2.11. The number of hydrogen-bond acceptors (Lipinski definition) is 6. The van der Waals surface area contributed by atoms with E-state index in [1.807, 2.05) is 12.1 Å². The Balaban J connectivity index is 1.92. The molecule has 0 aliphatic carbocycles. The topological polar surface area (TPSA) is 112 Å². The summed E-state index contributed by atoms with van der Waals surface area (Å²) < 4.78 is 10.6. The molecule has 0 radical (unpaired) electrons. The van der Waals surface area contributed by atoms with Gasteiger partial charge in [-0.3, -0.25) is 4.79 Å². The van der Waals surface area contributed by atoms with Crippen molar-refractivity contribution in [1.82, 2.24) is 0 Å². The summed E-state index contributed by atoms with van der Waals surface area (Å²) in [6, 6.07) is 16.7. The van der Waals surface area contributed by atoms with E-state index in [1.54, 1.807) is 48.5 Å². The molecule has 136 valence electrons. The Morgan fingerprint density at radius 3 is 2.26 bits per heavy atom. The fourth-order valence-corrected chi connectivity index (χ4v) is 2.11. The molecule has 0 bridgehead atoms. The number of rotatable bonds is 6. The minimum absolute atomic E-state index is 0.307. The Labute approximate surface area is 156 Å².